The molecule has 1 aliphatic carbocycles. The van der Waals surface area contributed by atoms with E-state index in [2.05, 4.69) is 17.5 Å². The Kier molecular flexibility index (Phi) is 3.47. The molecule has 110 valence electrons. The molecule has 1 heterocycles. The van der Waals surface area contributed by atoms with Gasteiger partial charge in [-0.25, -0.2) is 4.79 Å². The van der Waals surface area contributed by atoms with Gasteiger partial charge in [0.05, 0.1) is 22.8 Å². The van der Waals surface area contributed by atoms with Crippen molar-refractivity contribution in [3.05, 3.63) is 40.5 Å². The van der Waals surface area contributed by atoms with Crippen LogP contribution >= 0.6 is 0 Å². The van der Waals surface area contributed by atoms with Gasteiger partial charge in [0, 0.05) is 18.2 Å². The Hall–Kier alpha value is -2.57. The van der Waals surface area contributed by atoms with Gasteiger partial charge in [-0.3, -0.25) is 15.0 Å². The van der Waals surface area contributed by atoms with Crippen molar-refractivity contribution in [3.63, 3.8) is 0 Å². The summed E-state index contributed by atoms with van der Waals surface area (Å²) in [6, 6.07) is 4.76. The lowest BCUT2D eigenvalue weighted by Gasteiger charge is -2.21. The third-order valence-electron chi connectivity index (χ3n) is 3.61. The molecule has 0 atom stereocenters. The number of non-ortho nitro benzene ring substituents is 1. The predicted molar refractivity (Wildman–Crippen MR) is 77.6 cm³/mol. The van der Waals surface area contributed by atoms with E-state index in [1.165, 1.54) is 17.0 Å². The molecule has 0 radical (unpaired) electrons. The highest BCUT2D eigenvalue weighted by Crippen LogP contribution is 2.33. The number of carbonyl (C=O) groups excluding carboxylic acids is 1. The first-order chi connectivity index (χ1) is 10.1. The molecule has 21 heavy (non-hydrogen) atoms. The zero-order valence-electron chi connectivity index (χ0n) is 11.3. The van der Waals surface area contributed by atoms with Crippen LogP contribution in [0.15, 0.2) is 30.4 Å². The van der Waals surface area contributed by atoms with Crippen molar-refractivity contribution < 1.29 is 14.5 Å². The highest BCUT2D eigenvalue weighted by molar-refractivity contribution is 5.94. The Balaban J connectivity index is 1.93. The average molecular weight is 289 g/mol. The van der Waals surface area contributed by atoms with Gasteiger partial charge in [-0.1, -0.05) is 12.2 Å². The van der Waals surface area contributed by atoms with Crippen LogP contribution in [0.5, 0.6) is 0 Å². The molecule has 0 aromatic heterocycles. The number of rotatable bonds is 4. The lowest BCUT2D eigenvalue weighted by atomic mass is 10.1. The maximum atomic E-state index is 11.7. The molecular weight excluding hydrogens is 274 g/mol. The number of amides is 1. The van der Waals surface area contributed by atoms with E-state index in [0.29, 0.717) is 24.5 Å². The summed E-state index contributed by atoms with van der Waals surface area (Å²) >= 11 is 0. The topological polar surface area (TPSA) is 84.7 Å². The summed E-state index contributed by atoms with van der Waals surface area (Å²) in [5, 5.41) is 14.3. The molecule has 0 saturated carbocycles. The maximum absolute atomic E-state index is 11.7. The van der Waals surface area contributed by atoms with E-state index in [4.69, 9.17) is 4.74 Å². The third-order valence-corrected chi connectivity index (χ3v) is 3.61. The number of benzene rings is 1. The number of nitro benzene ring substituents is 1. The Bertz CT molecular complexity index is 606. The van der Waals surface area contributed by atoms with Crippen molar-refractivity contribution in [1.29, 1.82) is 0 Å². The second-order valence-electron chi connectivity index (χ2n) is 5.01. The van der Waals surface area contributed by atoms with Gasteiger partial charge < -0.3 is 10.1 Å². The maximum Gasteiger partial charge on any atom is 0.414 e. The van der Waals surface area contributed by atoms with Crippen LogP contribution in [0.1, 0.15) is 12.8 Å². The molecule has 1 fully saturated rings. The van der Waals surface area contributed by atoms with Gasteiger partial charge in [0.1, 0.15) is 6.61 Å². The molecule has 1 amide bonds. The number of carbonyl (C=O) groups is 1. The molecule has 3 rings (SSSR count). The van der Waals surface area contributed by atoms with E-state index in [-0.39, 0.29) is 11.7 Å². The molecule has 1 aliphatic heterocycles. The Morgan fingerprint density at radius 1 is 1.33 bits per heavy atom. The summed E-state index contributed by atoms with van der Waals surface area (Å²) in [5.41, 5.74) is 1.17. The van der Waals surface area contributed by atoms with Crippen LogP contribution in [0.2, 0.25) is 0 Å². The van der Waals surface area contributed by atoms with Gasteiger partial charge >= 0.3 is 6.09 Å². The zero-order valence-corrected chi connectivity index (χ0v) is 11.3. The first-order valence-electron chi connectivity index (χ1n) is 6.79. The third kappa shape index (κ3) is 2.67. The van der Waals surface area contributed by atoms with E-state index in [1.54, 1.807) is 6.07 Å². The molecule has 2 aliphatic rings. The van der Waals surface area contributed by atoms with Crippen LogP contribution in [-0.4, -0.2) is 30.2 Å². The van der Waals surface area contributed by atoms with E-state index < -0.39 is 11.0 Å². The number of hydrogen-bond donors (Lipinski definition) is 1. The van der Waals surface area contributed by atoms with Gasteiger partial charge in [0.2, 0.25) is 0 Å². The first-order valence-corrected chi connectivity index (χ1v) is 6.79. The SMILES string of the molecule is O=C1OCCN1c1cc([N+](=O)[O-])ccc1NC1CC=CC1. The van der Waals surface area contributed by atoms with Crippen LogP contribution in [0.3, 0.4) is 0 Å². The summed E-state index contributed by atoms with van der Waals surface area (Å²) in [6.45, 7) is 0.698. The van der Waals surface area contributed by atoms with Crippen molar-refractivity contribution in [1.82, 2.24) is 0 Å². The van der Waals surface area contributed by atoms with Gasteiger partial charge in [-0.2, -0.15) is 0 Å². The quantitative estimate of drug-likeness (QED) is 0.523. The van der Waals surface area contributed by atoms with E-state index in [1.807, 2.05) is 0 Å². The predicted octanol–water partition coefficient (Wildman–Crippen LogP) is 2.68. The number of nitro groups is 1. The summed E-state index contributed by atoms with van der Waals surface area (Å²) < 4.78 is 4.92. The summed E-state index contributed by atoms with van der Waals surface area (Å²) in [7, 11) is 0. The zero-order chi connectivity index (χ0) is 14.8. The molecule has 7 heteroatoms. The van der Waals surface area contributed by atoms with Gasteiger partial charge in [0.25, 0.3) is 5.69 Å². The van der Waals surface area contributed by atoms with Crippen LogP contribution < -0.4 is 10.2 Å². The standard InChI is InChI=1S/C14H15N3O4/c18-14-16(7-8-21-14)13-9-11(17(19)20)5-6-12(13)15-10-3-1-2-4-10/h1-2,5-6,9-10,15H,3-4,7-8H2. The number of hydrogen-bond acceptors (Lipinski definition) is 5. The Morgan fingerprint density at radius 2 is 2.10 bits per heavy atom. The van der Waals surface area contributed by atoms with Crippen LogP contribution in [0.4, 0.5) is 21.9 Å². The molecule has 0 spiro atoms. The summed E-state index contributed by atoms with van der Waals surface area (Å²) in [6.07, 6.45) is 5.52. The number of cyclic esters (lactones) is 1. The minimum atomic E-state index is -0.469. The fraction of sp³-hybridized carbons (Fsp3) is 0.357. The molecule has 0 bridgehead atoms. The minimum absolute atomic E-state index is 0.0419. The van der Waals surface area contributed by atoms with Crippen molar-refractivity contribution in [2.24, 2.45) is 0 Å². The fourth-order valence-corrected chi connectivity index (χ4v) is 2.55. The minimum Gasteiger partial charge on any atom is -0.447 e. The van der Waals surface area contributed by atoms with E-state index >= 15 is 0 Å². The van der Waals surface area contributed by atoms with Gasteiger partial charge in [-0.15, -0.1) is 0 Å². The second kappa shape index (κ2) is 5.43. The van der Waals surface area contributed by atoms with Gasteiger partial charge in [-0.05, 0) is 18.9 Å². The smallest absolute Gasteiger partial charge is 0.414 e. The first kappa shape index (κ1) is 13.4. The number of anilines is 2. The second-order valence-corrected chi connectivity index (χ2v) is 5.01. The molecule has 1 aromatic rings. The highest BCUT2D eigenvalue weighted by atomic mass is 16.6. The highest BCUT2D eigenvalue weighted by Gasteiger charge is 2.28. The number of nitrogens with zero attached hydrogens (tertiary/aromatic N) is 2. The molecule has 7 nitrogen and oxygen atoms in total. The van der Waals surface area contributed by atoms with Gasteiger partial charge in [0.15, 0.2) is 0 Å². The Labute approximate surface area is 121 Å². The molecule has 1 aromatic carbocycles. The van der Waals surface area contributed by atoms with E-state index in [9.17, 15) is 14.9 Å². The normalized spacial score (nSPS) is 18.1. The molecule has 1 N–H and O–H groups in total. The van der Waals surface area contributed by atoms with Crippen LogP contribution in [0.25, 0.3) is 0 Å². The summed E-state index contributed by atoms with van der Waals surface area (Å²) in [5.74, 6) is 0. The lowest BCUT2D eigenvalue weighted by molar-refractivity contribution is -0.384. The van der Waals surface area contributed by atoms with Crippen molar-refractivity contribution in [2.45, 2.75) is 18.9 Å². The molecule has 0 unspecified atom stereocenters. The number of ether oxygens (including phenoxy) is 1. The van der Waals surface area contributed by atoms with Crippen LogP contribution in [-0.2, 0) is 4.74 Å². The summed E-state index contributed by atoms with van der Waals surface area (Å²) in [4.78, 5) is 23.6. The molecule has 1 saturated heterocycles. The van der Waals surface area contributed by atoms with Crippen molar-refractivity contribution in [3.8, 4) is 0 Å². The monoisotopic (exact) mass is 289 g/mol. The molecular formula is C14H15N3O4. The van der Waals surface area contributed by atoms with E-state index in [0.717, 1.165) is 12.8 Å². The van der Waals surface area contributed by atoms with Crippen molar-refractivity contribution >= 4 is 23.2 Å². The Morgan fingerprint density at radius 3 is 2.71 bits per heavy atom. The average Bonchev–Trinajstić information content (AvgIpc) is 3.11. The fourth-order valence-electron chi connectivity index (χ4n) is 2.55. The number of nitrogens with one attached hydrogen (secondary N) is 1. The van der Waals surface area contributed by atoms with Crippen molar-refractivity contribution in [2.75, 3.05) is 23.4 Å². The largest absolute Gasteiger partial charge is 0.447 e. The van der Waals surface area contributed by atoms with Crippen LogP contribution in [0, 0.1) is 10.1 Å². The lowest BCUT2D eigenvalue weighted by Crippen LogP contribution is -2.26.